The van der Waals surface area contributed by atoms with Crippen LogP contribution >= 0.6 is 45.9 Å². The minimum atomic E-state index is -0.197. The molecule has 0 saturated carbocycles. The minimum absolute atomic E-state index is 0.0873. The van der Waals surface area contributed by atoms with Crippen molar-refractivity contribution in [2.45, 2.75) is 19.4 Å². The Morgan fingerprint density at radius 3 is 2.83 bits per heavy atom. The Hall–Kier alpha value is -1.40. The molecule has 2 aromatic heterocycles. The summed E-state index contributed by atoms with van der Waals surface area (Å²) >= 11 is 15.3. The van der Waals surface area contributed by atoms with Gasteiger partial charge in [-0.15, -0.1) is 11.3 Å². The molecule has 3 rings (SSSR count). The van der Waals surface area contributed by atoms with Gasteiger partial charge in [0.05, 0.1) is 18.2 Å². The van der Waals surface area contributed by atoms with Gasteiger partial charge in [0.1, 0.15) is 5.01 Å². The highest BCUT2D eigenvalue weighted by Gasteiger charge is 2.15. The molecular weight excluding hydrogens is 383 g/mol. The lowest BCUT2D eigenvalue weighted by molar-refractivity contribution is -0.121. The molecule has 0 aliphatic carbocycles. The third-order valence-electron chi connectivity index (χ3n) is 3.47. The second kappa shape index (κ2) is 7.66. The zero-order valence-electron chi connectivity index (χ0n) is 12.8. The summed E-state index contributed by atoms with van der Waals surface area (Å²) in [5.41, 5.74) is 2.71. The predicted molar refractivity (Wildman–Crippen MR) is 102 cm³/mol. The lowest BCUT2D eigenvalue weighted by atomic mass is 10.1. The van der Waals surface area contributed by atoms with Crippen LogP contribution in [0.3, 0.4) is 0 Å². The molecule has 1 aromatic carbocycles. The topological polar surface area (TPSA) is 42.0 Å². The Labute approximate surface area is 158 Å². The number of nitrogens with zero attached hydrogens (tertiary/aromatic N) is 1. The van der Waals surface area contributed by atoms with Gasteiger partial charge in [-0.05, 0) is 36.1 Å². The number of benzene rings is 1. The molecular formula is C17H14Cl2N2OS2. The van der Waals surface area contributed by atoms with E-state index in [9.17, 15) is 4.79 Å². The van der Waals surface area contributed by atoms with Crippen LogP contribution in [-0.4, -0.2) is 10.9 Å². The fourth-order valence-corrected chi connectivity index (χ4v) is 4.40. The Bertz CT molecular complexity index is 846. The molecule has 1 atom stereocenters. The van der Waals surface area contributed by atoms with Crippen molar-refractivity contribution in [1.29, 1.82) is 0 Å². The molecule has 7 heteroatoms. The first-order chi connectivity index (χ1) is 11.5. The Kier molecular flexibility index (Phi) is 5.56. The van der Waals surface area contributed by atoms with Crippen molar-refractivity contribution < 1.29 is 4.79 Å². The number of hydrogen-bond acceptors (Lipinski definition) is 4. The van der Waals surface area contributed by atoms with Crippen molar-refractivity contribution in [3.05, 3.63) is 61.7 Å². The summed E-state index contributed by atoms with van der Waals surface area (Å²) in [4.78, 5) is 16.8. The lowest BCUT2D eigenvalue weighted by Gasteiger charge is -2.15. The number of thiophene rings is 1. The summed E-state index contributed by atoms with van der Waals surface area (Å²) in [6.45, 7) is 1.89. The summed E-state index contributed by atoms with van der Waals surface area (Å²) in [6, 6.07) is 7.09. The Morgan fingerprint density at radius 1 is 1.29 bits per heavy atom. The first-order valence-electron chi connectivity index (χ1n) is 7.24. The maximum atomic E-state index is 12.3. The summed E-state index contributed by atoms with van der Waals surface area (Å²) in [5.74, 6) is -0.0873. The maximum Gasteiger partial charge on any atom is 0.226 e. The average Bonchev–Trinajstić information content (AvgIpc) is 3.17. The number of nitrogens with one attached hydrogen (secondary N) is 1. The fourth-order valence-electron chi connectivity index (χ4n) is 2.29. The quantitative estimate of drug-likeness (QED) is 0.609. The van der Waals surface area contributed by atoms with E-state index in [4.69, 9.17) is 23.2 Å². The number of carbonyl (C=O) groups excluding carboxylic acids is 1. The zero-order valence-corrected chi connectivity index (χ0v) is 15.9. The van der Waals surface area contributed by atoms with E-state index in [1.165, 1.54) is 0 Å². The molecule has 1 amide bonds. The molecule has 0 unspecified atom stereocenters. The number of carbonyl (C=O) groups is 1. The molecule has 0 saturated heterocycles. The molecule has 0 radical (unpaired) electrons. The van der Waals surface area contributed by atoms with Crippen LogP contribution < -0.4 is 5.32 Å². The highest BCUT2D eigenvalue weighted by molar-refractivity contribution is 7.14. The highest BCUT2D eigenvalue weighted by Crippen LogP contribution is 2.27. The Morgan fingerprint density at radius 2 is 2.12 bits per heavy atom. The second-order valence-corrected chi connectivity index (χ2v) is 7.77. The molecule has 124 valence electrons. The van der Waals surface area contributed by atoms with E-state index in [-0.39, 0.29) is 18.4 Å². The van der Waals surface area contributed by atoms with Crippen molar-refractivity contribution >= 4 is 51.8 Å². The van der Waals surface area contributed by atoms with E-state index in [1.807, 2.05) is 35.2 Å². The molecule has 0 spiro atoms. The van der Waals surface area contributed by atoms with E-state index in [0.29, 0.717) is 10.0 Å². The number of thiazole rings is 1. The first kappa shape index (κ1) is 17.4. The normalized spacial score (nSPS) is 12.1. The average molecular weight is 397 g/mol. The van der Waals surface area contributed by atoms with Crippen molar-refractivity contribution in [3.8, 4) is 10.6 Å². The number of halogens is 2. The van der Waals surface area contributed by atoms with Crippen LogP contribution in [0.25, 0.3) is 10.6 Å². The van der Waals surface area contributed by atoms with Crippen LogP contribution in [-0.2, 0) is 11.2 Å². The zero-order chi connectivity index (χ0) is 17.1. The molecule has 24 heavy (non-hydrogen) atoms. The van der Waals surface area contributed by atoms with Crippen LogP contribution in [0, 0.1) is 0 Å². The van der Waals surface area contributed by atoms with E-state index in [2.05, 4.69) is 10.3 Å². The van der Waals surface area contributed by atoms with Gasteiger partial charge in [0, 0.05) is 26.4 Å². The van der Waals surface area contributed by atoms with E-state index in [1.54, 1.807) is 34.8 Å². The van der Waals surface area contributed by atoms with Gasteiger partial charge in [0.15, 0.2) is 0 Å². The third kappa shape index (κ3) is 4.16. The largest absolute Gasteiger partial charge is 0.349 e. The summed E-state index contributed by atoms with van der Waals surface area (Å²) in [7, 11) is 0. The first-order valence-corrected chi connectivity index (χ1v) is 9.82. The van der Waals surface area contributed by atoms with Crippen LogP contribution in [0.4, 0.5) is 0 Å². The van der Waals surface area contributed by atoms with Gasteiger partial charge in [-0.25, -0.2) is 4.98 Å². The van der Waals surface area contributed by atoms with Gasteiger partial charge in [-0.3, -0.25) is 4.79 Å². The minimum Gasteiger partial charge on any atom is -0.349 e. The van der Waals surface area contributed by atoms with Crippen LogP contribution in [0.5, 0.6) is 0 Å². The van der Waals surface area contributed by atoms with E-state index in [0.717, 1.165) is 21.8 Å². The number of amides is 1. The van der Waals surface area contributed by atoms with Crippen LogP contribution in [0.1, 0.15) is 24.2 Å². The molecule has 3 nitrogen and oxygen atoms in total. The molecule has 2 heterocycles. The van der Waals surface area contributed by atoms with Crippen molar-refractivity contribution in [3.63, 3.8) is 0 Å². The van der Waals surface area contributed by atoms with Gasteiger partial charge >= 0.3 is 0 Å². The molecule has 0 bridgehead atoms. The lowest BCUT2D eigenvalue weighted by Crippen LogP contribution is -2.28. The van der Waals surface area contributed by atoms with Crippen molar-refractivity contribution in [2.24, 2.45) is 0 Å². The van der Waals surface area contributed by atoms with Crippen molar-refractivity contribution in [1.82, 2.24) is 10.3 Å². The van der Waals surface area contributed by atoms with Crippen LogP contribution in [0.2, 0.25) is 10.0 Å². The fraction of sp³-hybridized carbons (Fsp3) is 0.176. The Balaban J connectivity index is 1.63. The summed E-state index contributed by atoms with van der Waals surface area (Å²) in [5, 5.41) is 11.0. The molecule has 0 aliphatic rings. The van der Waals surface area contributed by atoms with Gasteiger partial charge < -0.3 is 5.32 Å². The van der Waals surface area contributed by atoms with E-state index < -0.39 is 0 Å². The van der Waals surface area contributed by atoms with Crippen molar-refractivity contribution in [2.75, 3.05) is 0 Å². The second-order valence-electron chi connectivity index (χ2n) is 5.29. The maximum absolute atomic E-state index is 12.3. The van der Waals surface area contributed by atoms with E-state index >= 15 is 0 Å². The summed E-state index contributed by atoms with van der Waals surface area (Å²) < 4.78 is 0. The predicted octanol–water partition coefficient (Wildman–Crippen LogP) is 5.60. The highest BCUT2D eigenvalue weighted by atomic mass is 35.5. The van der Waals surface area contributed by atoms with Gasteiger partial charge in [-0.2, -0.15) is 11.3 Å². The van der Waals surface area contributed by atoms with Crippen LogP contribution in [0.15, 0.2) is 40.4 Å². The number of aromatic nitrogens is 1. The standard InChI is InChI=1S/C17H14Cl2N2OS2/c1-10(14-3-2-12(18)6-15(14)19)20-16(22)7-13-9-24-17(21-13)11-4-5-23-8-11/h2-6,8-10H,7H2,1H3,(H,20,22)/t10-/m1/s1. The molecule has 0 aliphatic heterocycles. The third-order valence-corrected chi connectivity index (χ3v) is 5.65. The molecule has 0 fully saturated rings. The summed E-state index contributed by atoms with van der Waals surface area (Å²) in [6.07, 6.45) is 0.246. The molecule has 3 aromatic rings. The van der Waals surface area contributed by atoms with Gasteiger partial charge in [-0.1, -0.05) is 29.3 Å². The number of hydrogen-bond donors (Lipinski definition) is 1. The SMILES string of the molecule is C[C@@H](NC(=O)Cc1csc(-c2ccsc2)n1)c1ccc(Cl)cc1Cl. The van der Waals surface area contributed by atoms with Gasteiger partial charge in [0.2, 0.25) is 5.91 Å². The molecule has 1 N–H and O–H groups in total. The number of rotatable bonds is 5. The smallest absolute Gasteiger partial charge is 0.226 e. The monoisotopic (exact) mass is 396 g/mol. The van der Waals surface area contributed by atoms with Gasteiger partial charge in [0.25, 0.3) is 0 Å².